The van der Waals surface area contributed by atoms with Crippen LogP contribution >= 0.6 is 0 Å². The second kappa shape index (κ2) is 11.8. The molecule has 0 bridgehead atoms. The minimum Gasteiger partial charge on any atom is -0.507 e. The van der Waals surface area contributed by atoms with Gasteiger partial charge in [-0.3, -0.25) is 0 Å². The first-order valence-corrected chi connectivity index (χ1v) is 13.3. The van der Waals surface area contributed by atoms with Gasteiger partial charge in [-0.2, -0.15) is 0 Å². The van der Waals surface area contributed by atoms with Gasteiger partial charge in [0.05, 0.1) is 30.4 Å². The molecule has 2 saturated heterocycles. The van der Waals surface area contributed by atoms with Crippen LogP contribution in [0.1, 0.15) is 13.8 Å². The summed E-state index contributed by atoms with van der Waals surface area (Å²) in [5, 5.41) is 103. The Morgan fingerprint density at radius 1 is 0.721 bits per heavy atom. The van der Waals surface area contributed by atoms with E-state index in [4.69, 9.17) is 23.4 Å². The van der Waals surface area contributed by atoms with Gasteiger partial charge in [0.25, 0.3) is 0 Å². The van der Waals surface area contributed by atoms with Gasteiger partial charge < -0.3 is 70.0 Å². The zero-order valence-corrected chi connectivity index (χ0v) is 22.9. The summed E-state index contributed by atoms with van der Waals surface area (Å²) in [4.78, 5) is 0. The summed E-state index contributed by atoms with van der Waals surface area (Å²) >= 11 is 0. The smallest absolute Gasteiger partial charge is 0.402 e. The van der Waals surface area contributed by atoms with Crippen LogP contribution in [0.5, 0.6) is 34.5 Å². The maximum absolute atomic E-state index is 10.7. The van der Waals surface area contributed by atoms with Crippen molar-refractivity contribution in [3.63, 3.8) is 0 Å². The van der Waals surface area contributed by atoms with E-state index in [0.717, 1.165) is 18.2 Å². The first-order valence-electron chi connectivity index (χ1n) is 13.3. The van der Waals surface area contributed by atoms with Crippen molar-refractivity contribution in [1.82, 2.24) is 0 Å². The highest BCUT2D eigenvalue weighted by Gasteiger charge is 2.47. The molecule has 0 spiro atoms. The lowest BCUT2D eigenvalue weighted by Crippen LogP contribution is -2.61. The van der Waals surface area contributed by atoms with Crippen molar-refractivity contribution >= 4 is 11.0 Å². The second-order valence-electron chi connectivity index (χ2n) is 10.7. The number of hydrogen-bond acceptors (Lipinski definition) is 14. The van der Waals surface area contributed by atoms with E-state index in [2.05, 4.69) is 0 Å². The fourth-order valence-corrected chi connectivity index (χ4v) is 4.98. The van der Waals surface area contributed by atoms with E-state index in [1.165, 1.54) is 12.1 Å². The van der Waals surface area contributed by atoms with Crippen LogP contribution in [0, 0.1) is 5.92 Å². The average molecular weight is 610 g/mol. The maximum atomic E-state index is 10.7. The van der Waals surface area contributed by atoms with Gasteiger partial charge in [-0.25, -0.2) is 4.42 Å². The number of hydrogen-bond donors (Lipinski definition) is 10. The van der Waals surface area contributed by atoms with Gasteiger partial charge in [0.15, 0.2) is 23.5 Å². The number of fused-ring (bicyclic) bond motifs is 1. The third-order valence-corrected chi connectivity index (χ3v) is 7.74. The standard InChI is InChI=1S/C28H32O15/c1-9-10(2)40-27(24(37)20(9)33)39-8-19-22(35)23(36)25(38)28(43-19)42-18-7-13-14(30)5-12(29)6-17(13)41-26(18)11-3-15(31)21(34)16(32)4-11/h3-7,9-10,19-20,22-25,27-28,33,35-38H,8H2,1-2H3,(H4-,29,30,31,32,34)/p+1/t9-,10-,19+,20+,22+,23-,24+,25+,27+,28+/m0/s1. The zero-order valence-electron chi connectivity index (χ0n) is 22.9. The molecule has 2 aliphatic heterocycles. The van der Waals surface area contributed by atoms with Crippen LogP contribution in [0.25, 0.3) is 22.3 Å². The lowest BCUT2D eigenvalue weighted by Gasteiger charge is -2.42. The molecule has 10 N–H and O–H groups in total. The van der Waals surface area contributed by atoms with Crippen LogP contribution in [0.2, 0.25) is 0 Å². The Hall–Kier alpha value is -3.67. The molecule has 10 atom stereocenters. The monoisotopic (exact) mass is 609 g/mol. The largest absolute Gasteiger partial charge is 0.507 e. The summed E-state index contributed by atoms with van der Waals surface area (Å²) in [6.45, 7) is 2.90. The maximum Gasteiger partial charge on any atom is 0.402 e. The van der Waals surface area contributed by atoms with Crippen molar-refractivity contribution in [2.75, 3.05) is 6.61 Å². The number of aliphatic hydroxyl groups excluding tert-OH is 5. The quantitative estimate of drug-likeness (QED) is 0.132. The SMILES string of the molecule is C[C@@H]1[C@@H](O)[C@@H](O)[C@H](OC[C@H]2O[C@@H](Oc3cc4c(O)cc(O)cc4[o+]c3-c3cc(O)c(O)c(O)c3)[C@H](O)[C@@H](O)[C@@H]2O)O[C@H]1C. The molecular weight excluding hydrogens is 576 g/mol. The van der Waals surface area contributed by atoms with Crippen molar-refractivity contribution < 1.29 is 74.4 Å². The highest BCUT2D eigenvalue weighted by molar-refractivity contribution is 5.88. The van der Waals surface area contributed by atoms with Crippen LogP contribution in [-0.4, -0.2) is 113 Å². The van der Waals surface area contributed by atoms with Gasteiger partial charge in [0.2, 0.25) is 12.0 Å². The van der Waals surface area contributed by atoms with Crippen molar-refractivity contribution in [2.45, 2.75) is 69.2 Å². The lowest BCUT2D eigenvalue weighted by molar-refractivity contribution is -0.312. The van der Waals surface area contributed by atoms with Gasteiger partial charge in [0.1, 0.15) is 47.4 Å². The van der Waals surface area contributed by atoms with Crippen LogP contribution in [0.4, 0.5) is 0 Å². The summed E-state index contributed by atoms with van der Waals surface area (Å²) in [7, 11) is 0. The molecule has 0 saturated carbocycles. The Balaban J connectivity index is 1.46. The molecule has 0 unspecified atom stereocenters. The van der Waals surface area contributed by atoms with Gasteiger partial charge in [-0.1, -0.05) is 6.92 Å². The molecular formula is C28H33O15+. The van der Waals surface area contributed by atoms with Crippen LogP contribution in [-0.2, 0) is 14.2 Å². The van der Waals surface area contributed by atoms with E-state index in [1.807, 2.05) is 0 Å². The summed E-state index contributed by atoms with van der Waals surface area (Å²) in [6, 6.07) is 5.48. The molecule has 3 aromatic rings. The van der Waals surface area contributed by atoms with Crippen LogP contribution in [0.15, 0.2) is 34.7 Å². The van der Waals surface area contributed by atoms with E-state index in [0.29, 0.717) is 0 Å². The van der Waals surface area contributed by atoms with E-state index in [9.17, 15) is 51.1 Å². The molecule has 234 valence electrons. The van der Waals surface area contributed by atoms with Crippen molar-refractivity contribution in [3.8, 4) is 45.8 Å². The molecule has 1 aromatic heterocycles. The molecule has 43 heavy (non-hydrogen) atoms. The van der Waals surface area contributed by atoms with Gasteiger partial charge in [-0.05, 0) is 6.92 Å². The third-order valence-electron chi connectivity index (χ3n) is 7.74. The molecule has 0 amide bonds. The predicted octanol–water partition coefficient (Wildman–Crippen LogP) is 0.215. The van der Waals surface area contributed by atoms with Crippen molar-refractivity contribution in [1.29, 1.82) is 0 Å². The van der Waals surface area contributed by atoms with E-state index in [-0.39, 0.29) is 39.7 Å². The predicted molar refractivity (Wildman–Crippen MR) is 143 cm³/mol. The summed E-state index contributed by atoms with van der Waals surface area (Å²) in [5.74, 6) is -3.90. The summed E-state index contributed by atoms with van der Waals surface area (Å²) < 4.78 is 28.6. The molecule has 15 nitrogen and oxygen atoms in total. The molecule has 2 aliphatic rings. The topological polar surface area (TPSA) is 251 Å². The van der Waals surface area contributed by atoms with Crippen molar-refractivity contribution in [2.24, 2.45) is 5.92 Å². The number of rotatable bonds is 6. The zero-order chi connectivity index (χ0) is 31.3. The summed E-state index contributed by atoms with van der Waals surface area (Å²) in [6.07, 6.45) is -12.7. The normalized spacial score (nSPS) is 33.0. The minimum atomic E-state index is -1.84. The first kappa shape index (κ1) is 30.8. The van der Waals surface area contributed by atoms with Gasteiger partial charge in [-0.15, -0.1) is 0 Å². The van der Waals surface area contributed by atoms with Gasteiger partial charge in [0, 0.05) is 30.2 Å². The number of aliphatic hydroxyl groups is 5. The fraction of sp³-hybridized carbons (Fsp3) is 0.464. The third kappa shape index (κ3) is 5.81. The lowest BCUT2D eigenvalue weighted by atomic mass is 9.92. The fourth-order valence-electron chi connectivity index (χ4n) is 4.98. The Labute approximate surface area is 243 Å². The first-order chi connectivity index (χ1) is 20.3. The number of phenolic OH excluding ortho intramolecular Hbond substituents is 5. The van der Waals surface area contributed by atoms with E-state index < -0.39 is 84.9 Å². The highest BCUT2D eigenvalue weighted by atomic mass is 16.7. The molecule has 0 aliphatic carbocycles. The van der Waals surface area contributed by atoms with E-state index in [1.54, 1.807) is 13.8 Å². The van der Waals surface area contributed by atoms with E-state index >= 15 is 0 Å². The second-order valence-corrected chi connectivity index (χ2v) is 10.7. The summed E-state index contributed by atoms with van der Waals surface area (Å²) in [5.41, 5.74) is -0.112. The van der Waals surface area contributed by atoms with Crippen molar-refractivity contribution in [3.05, 3.63) is 30.3 Å². The molecule has 2 aromatic carbocycles. The average Bonchev–Trinajstić information content (AvgIpc) is 2.96. The van der Waals surface area contributed by atoms with Gasteiger partial charge >= 0.3 is 11.3 Å². The highest BCUT2D eigenvalue weighted by Crippen LogP contribution is 2.45. The Morgan fingerprint density at radius 2 is 1.37 bits per heavy atom. The molecule has 2 fully saturated rings. The molecule has 5 rings (SSSR count). The number of aromatic hydroxyl groups is 5. The van der Waals surface area contributed by atoms with Crippen LogP contribution < -0.4 is 4.74 Å². The minimum absolute atomic E-state index is 0.0277. The van der Waals surface area contributed by atoms with Crippen LogP contribution in [0.3, 0.4) is 0 Å². The number of ether oxygens (including phenoxy) is 4. The molecule has 15 heteroatoms. The number of phenols is 5. The molecule has 0 radical (unpaired) electrons. The Bertz CT molecular complexity index is 1460. The Kier molecular flexibility index (Phi) is 8.43. The number of benzene rings is 2. The molecule has 3 heterocycles. The Morgan fingerprint density at radius 3 is 2.05 bits per heavy atom.